The zero-order valence-corrected chi connectivity index (χ0v) is 13.0. The van der Waals surface area contributed by atoms with Crippen LogP contribution in [0.15, 0.2) is 53.6 Å². The molecule has 0 N–H and O–H groups in total. The van der Waals surface area contributed by atoms with E-state index in [1.807, 2.05) is 0 Å². The molecule has 0 amide bonds. The normalized spacial score (nSPS) is 11.6. The van der Waals surface area contributed by atoms with Crippen LogP contribution >= 0.6 is 11.6 Å². The van der Waals surface area contributed by atoms with Crippen molar-refractivity contribution < 1.29 is 17.6 Å². The molecule has 1 aromatic carbocycles. The molecule has 0 spiro atoms. The van der Waals surface area contributed by atoms with Crippen LogP contribution in [0.4, 0.5) is 17.6 Å². The molecule has 0 aliphatic carbocycles. The second-order valence-electron chi connectivity index (χ2n) is 5.01. The monoisotopic (exact) mass is 369 g/mol. The van der Waals surface area contributed by atoms with E-state index in [4.69, 9.17) is 11.6 Å². The lowest BCUT2D eigenvalue weighted by Gasteiger charge is -2.12. The first-order chi connectivity index (χ1) is 11.8. The largest absolute Gasteiger partial charge is 0.417 e. The summed E-state index contributed by atoms with van der Waals surface area (Å²) in [6.45, 7) is 0. The highest BCUT2D eigenvalue weighted by Crippen LogP contribution is 2.29. The SMILES string of the molecule is O=c1ccc(C(F)(F)F)cn1-c1cccc(-c2nc(Cl)ncc2F)c1. The number of pyridine rings is 1. The zero-order valence-electron chi connectivity index (χ0n) is 12.3. The first-order valence-electron chi connectivity index (χ1n) is 6.84. The molecule has 25 heavy (non-hydrogen) atoms. The number of rotatable bonds is 2. The molecule has 2 heterocycles. The maximum atomic E-state index is 13.9. The average molecular weight is 370 g/mol. The highest BCUT2D eigenvalue weighted by atomic mass is 35.5. The number of benzene rings is 1. The Kier molecular flexibility index (Phi) is 4.30. The summed E-state index contributed by atoms with van der Waals surface area (Å²) in [4.78, 5) is 19.2. The van der Waals surface area contributed by atoms with Crippen LogP contribution in [0.5, 0.6) is 0 Å². The van der Waals surface area contributed by atoms with Crippen molar-refractivity contribution in [3.63, 3.8) is 0 Å². The van der Waals surface area contributed by atoms with Crippen LogP contribution in [-0.2, 0) is 6.18 Å². The minimum absolute atomic E-state index is 0.123. The van der Waals surface area contributed by atoms with Crippen molar-refractivity contribution in [2.45, 2.75) is 6.18 Å². The lowest BCUT2D eigenvalue weighted by molar-refractivity contribution is -0.138. The maximum Gasteiger partial charge on any atom is 0.417 e. The Labute approximate surface area is 143 Å². The predicted octanol–water partition coefficient (Wildman–Crippen LogP) is 4.11. The third-order valence-corrected chi connectivity index (χ3v) is 3.53. The topological polar surface area (TPSA) is 47.8 Å². The number of aromatic nitrogens is 3. The molecule has 4 nitrogen and oxygen atoms in total. The summed E-state index contributed by atoms with van der Waals surface area (Å²) >= 11 is 5.65. The Morgan fingerprint density at radius 2 is 1.88 bits per heavy atom. The van der Waals surface area contributed by atoms with Crippen molar-refractivity contribution in [1.82, 2.24) is 14.5 Å². The summed E-state index contributed by atoms with van der Waals surface area (Å²) < 4.78 is 53.3. The standard InChI is InChI=1S/C16H8ClF4N3O/c17-15-22-7-12(18)14(23-15)9-2-1-3-11(6-9)24-8-10(16(19,20)21)4-5-13(24)25/h1-8H. The van der Waals surface area contributed by atoms with Crippen LogP contribution in [0.2, 0.25) is 5.28 Å². The van der Waals surface area contributed by atoms with Gasteiger partial charge in [0.25, 0.3) is 5.56 Å². The van der Waals surface area contributed by atoms with Crippen LogP contribution in [0.3, 0.4) is 0 Å². The Hall–Kier alpha value is -2.74. The highest BCUT2D eigenvalue weighted by molar-refractivity contribution is 6.28. The molecule has 0 saturated heterocycles. The summed E-state index contributed by atoms with van der Waals surface area (Å²) in [5.74, 6) is -0.752. The van der Waals surface area contributed by atoms with Gasteiger partial charge in [-0.25, -0.2) is 14.4 Å². The van der Waals surface area contributed by atoms with Gasteiger partial charge in [-0.05, 0) is 29.8 Å². The molecule has 9 heteroatoms. The van der Waals surface area contributed by atoms with Gasteiger partial charge in [0.05, 0.1) is 11.8 Å². The molecule has 0 atom stereocenters. The van der Waals surface area contributed by atoms with Crippen LogP contribution < -0.4 is 5.56 Å². The molecule has 0 saturated carbocycles. The molecular formula is C16H8ClF4N3O. The fourth-order valence-electron chi connectivity index (χ4n) is 2.21. The summed E-state index contributed by atoms with van der Waals surface area (Å²) in [5.41, 5.74) is -1.40. The third kappa shape index (κ3) is 3.53. The molecule has 0 fully saturated rings. The molecule has 0 unspecified atom stereocenters. The smallest absolute Gasteiger partial charge is 0.284 e. The summed E-state index contributed by atoms with van der Waals surface area (Å²) in [7, 11) is 0. The average Bonchev–Trinajstić information content (AvgIpc) is 2.56. The van der Waals surface area contributed by atoms with Gasteiger partial charge in [-0.15, -0.1) is 0 Å². The number of alkyl halides is 3. The molecule has 0 bridgehead atoms. The number of halogens is 5. The van der Waals surface area contributed by atoms with E-state index >= 15 is 0 Å². The second kappa shape index (κ2) is 6.29. The van der Waals surface area contributed by atoms with Gasteiger partial charge in [0, 0.05) is 23.5 Å². The van der Waals surface area contributed by atoms with Gasteiger partial charge in [-0.1, -0.05) is 12.1 Å². The minimum Gasteiger partial charge on any atom is -0.284 e. The van der Waals surface area contributed by atoms with Crippen molar-refractivity contribution in [2.75, 3.05) is 0 Å². The molecule has 0 radical (unpaired) electrons. The van der Waals surface area contributed by atoms with Gasteiger partial charge >= 0.3 is 6.18 Å². The summed E-state index contributed by atoms with van der Waals surface area (Å²) in [5, 5.41) is -0.182. The van der Waals surface area contributed by atoms with E-state index in [-0.39, 0.29) is 22.2 Å². The predicted molar refractivity (Wildman–Crippen MR) is 83.0 cm³/mol. The molecule has 3 rings (SSSR count). The van der Waals surface area contributed by atoms with E-state index in [1.54, 1.807) is 0 Å². The molecule has 0 aliphatic rings. The van der Waals surface area contributed by atoms with Gasteiger partial charge in [0.15, 0.2) is 5.82 Å². The van der Waals surface area contributed by atoms with E-state index in [0.29, 0.717) is 12.3 Å². The van der Waals surface area contributed by atoms with E-state index in [2.05, 4.69) is 9.97 Å². The van der Waals surface area contributed by atoms with Crippen molar-refractivity contribution in [3.05, 3.63) is 75.8 Å². The lowest BCUT2D eigenvalue weighted by Crippen LogP contribution is -2.19. The third-order valence-electron chi connectivity index (χ3n) is 3.35. The molecule has 2 aromatic heterocycles. The van der Waals surface area contributed by atoms with Gasteiger partial charge in [-0.2, -0.15) is 13.2 Å². The zero-order chi connectivity index (χ0) is 18.2. The first-order valence-corrected chi connectivity index (χ1v) is 7.22. The summed E-state index contributed by atoms with van der Waals surface area (Å²) in [6, 6.07) is 7.23. The van der Waals surface area contributed by atoms with Gasteiger partial charge in [0.2, 0.25) is 5.28 Å². The molecule has 128 valence electrons. The Bertz CT molecular complexity index is 1000. The Balaban J connectivity index is 2.15. The van der Waals surface area contributed by atoms with E-state index in [0.717, 1.165) is 16.8 Å². The van der Waals surface area contributed by atoms with E-state index in [9.17, 15) is 22.4 Å². The van der Waals surface area contributed by atoms with Gasteiger partial charge < -0.3 is 0 Å². The van der Waals surface area contributed by atoms with Crippen molar-refractivity contribution in [3.8, 4) is 16.9 Å². The van der Waals surface area contributed by atoms with E-state index < -0.39 is 23.1 Å². The van der Waals surface area contributed by atoms with Crippen LogP contribution in [0.25, 0.3) is 16.9 Å². The van der Waals surface area contributed by atoms with Gasteiger partial charge in [0.1, 0.15) is 5.69 Å². The van der Waals surface area contributed by atoms with Crippen LogP contribution in [0, 0.1) is 5.82 Å². The number of nitrogens with zero attached hydrogens (tertiary/aromatic N) is 3. The maximum absolute atomic E-state index is 13.9. The lowest BCUT2D eigenvalue weighted by atomic mass is 10.1. The van der Waals surface area contributed by atoms with Crippen molar-refractivity contribution in [2.24, 2.45) is 0 Å². The highest BCUT2D eigenvalue weighted by Gasteiger charge is 2.31. The Morgan fingerprint density at radius 1 is 1.12 bits per heavy atom. The fraction of sp³-hybridized carbons (Fsp3) is 0.0625. The molecular weight excluding hydrogens is 362 g/mol. The minimum atomic E-state index is -4.60. The Morgan fingerprint density at radius 3 is 2.60 bits per heavy atom. The fourth-order valence-corrected chi connectivity index (χ4v) is 2.34. The van der Waals surface area contributed by atoms with Gasteiger partial charge in [-0.3, -0.25) is 9.36 Å². The van der Waals surface area contributed by atoms with E-state index in [1.165, 1.54) is 24.3 Å². The number of hydrogen-bond donors (Lipinski definition) is 0. The molecule has 3 aromatic rings. The number of hydrogen-bond acceptors (Lipinski definition) is 3. The quantitative estimate of drug-likeness (QED) is 0.504. The second-order valence-corrected chi connectivity index (χ2v) is 5.35. The van der Waals surface area contributed by atoms with Crippen molar-refractivity contribution >= 4 is 11.6 Å². The van der Waals surface area contributed by atoms with Crippen LogP contribution in [0.1, 0.15) is 5.56 Å². The molecule has 0 aliphatic heterocycles. The van der Waals surface area contributed by atoms with Crippen LogP contribution in [-0.4, -0.2) is 14.5 Å². The summed E-state index contributed by atoms with van der Waals surface area (Å²) in [6.07, 6.45) is -3.03. The first kappa shape index (κ1) is 17.1. The van der Waals surface area contributed by atoms with Crippen molar-refractivity contribution in [1.29, 1.82) is 0 Å².